The van der Waals surface area contributed by atoms with Crippen molar-refractivity contribution < 1.29 is 9.53 Å². The topological polar surface area (TPSA) is 44.8 Å². The monoisotopic (exact) mass is 381 g/mol. The highest BCUT2D eigenvalue weighted by molar-refractivity contribution is 5.81. The highest BCUT2D eigenvalue weighted by atomic mass is 16.5. The molecule has 28 heavy (non-hydrogen) atoms. The van der Waals surface area contributed by atoms with Gasteiger partial charge in [0.1, 0.15) is 12.4 Å². The van der Waals surface area contributed by atoms with E-state index in [0.717, 1.165) is 38.5 Å². The van der Waals surface area contributed by atoms with Gasteiger partial charge in [-0.3, -0.25) is 14.6 Å². The molecule has 1 amide bonds. The quantitative estimate of drug-likeness (QED) is 0.764. The van der Waals surface area contributed by atoms with Crippen LogP contribution in [0.3, 0.4) is 0 Å². The average molecular weight is 382 g/mol. The molecule has 1 N–H and O–H groups in total. The predicted molar refractivity (Wildman–Crippen MR) is 112 cm³/mol. The summed E-state index contributed by atoms with van der Waals surface area (Å²) in [6.07, 6.45) is 0. The molecule has 0 radical (unpaired) electrons. The molecule has 1 heterocycles. The van der Waals surface area contributed by atoms with E-state index in [4.69, 9.17) is 4.74 Å². The van der Waals surface area contributed by atoms with Gasteiger partial charge in [0.25, 0.3) is 0 Å². The molecule has 3 rings (SSSR count). The lowest BCUT2D eigenvalue weighted by molar-refractivity contribution is -0.126. The molecule has 2 aromatic carbocycles. The molecular formula is C23H31N3O2. The van der Waals surface area contributed by atoms with E-state index >= 15 is 0 Å². The van der Waals surface area contributed by atoms with Crippen molar-refractivity contribution in [2.75, 3.05) is 39.3 Å². The summed E-state index contributed by atoms with van der Waals surface area (Å²) in [7, 11) is 0. The SMILES string of the molecule is Cc1ccccc1CNC(=O)C(C)N1CCN(CCOc2ccccc2)CC1. The number of hydrogen-bond acceptors (Lipinski definition) is 4. The minimum Gasteiger partial charge on any atom is -0.492 e. The first-order valence-corrected chi connectivity index (χ1v) is 10.1. The molecule has 0 spiro atoms. The molecule has 1 aliphatic rings. The van der Waals surface area contributed by atoms with Crippen molar-refractivity contribution in [3.8, 4) is 5.75 Å². The van der Waals surface area contributed by atoms with Gasteiger partial charge in [-0.2, -0.15) is 0 Å². The van der Waals surface area contributed by atoms with Crippen LogP contribution in [0.1, 0.15) is 18.1 Å². The van der Waals surface area contributed by atoms with E-state index in [9.17, 15) is 4.79 Å². The Balaban J connectivity index is 1.36. The molecule has 1 saturated heterocycles. The first-order chi connectivity index (χ1) is 13.6. The number of carbonyl (C=O) groups excluding carboxylic acids is 1. The standard InChI is InChI=1S/C23H31N3O2/c1-19-8-6-7-9-21(19)18-24-23(27)20(2)26-14-12-25(13-15-26)16-17-28-22-10-4-3-5-11-22/h3-11,20H,12-18H2,1-2H3,(H,24,27). The van der Waals surface area contributed by atoms with Gasteiger partial charge in [0.15, 0.2) is 0 Å². The fourth-order valence-corrected chi connectivity index (χ4v) is 3.49. The number of hydrogen-bond donors (Lipinski definition) is 1. The summed E-state index contributed by atoms with van der Waals surface area (Å²) >= 11 is 0. The van der Waals surface area contributed by atoms with Crippen molar-refractivity contribution in [2.45, 2.75) is 26.4 Å². The van der Waals surface area contributed by atoms with E-state index in [0.29, 0.717) is 13.2 Å². The van der Waals surface area contributed by atoms with Gasteiger partial charge >= 0.3 is 0 Å². The van der Waals surface area contributed by atoms with Crippen LogP contribution >= 0.6 is 0 Å². The number of ether oxygens (including phenoxy) is 1. The van der Waals surface area contributed by atoms with Gasteiger partial charge in [-0.25, -0.2) is 0 Å². The largest absolute Gasteiger partial charge is 0.492 e. The van der Waals surface area contributed by atoms with E-state index in [2.05, 4.69) is 34.2 Å². The van der Waals surface area contributed by atoms with Crippen LogP contribution in [0.2, 0.25) is 0 Å². The summed E-state index contributed by atoms with van der Waals surface area (Å²) in [4.78, 5) is 17.2. The average Bonchev–Trinajstić information content (AvgIpc) is 2.74. The Morgan fingerprint density at radius 1 is 1.04 bits per heavy atom. The van der Waals surface area contributed by atoms with Crippen molar-refractivity contribution in [3.63, 3.8) is 0 Å². The fraction of sp³-hybridized carbons (Fsp3) is 0.435. The molecule has 0 aliphatic carbocycles. The first-order valence-electron chi connectivity index (χ1n) is 10.1. The predicted octanol–water partition coefficient (Wildman–Crippen LogP) is 2.70. The van der Waals surface area contributed by atoms with Crippen molar-refractivity contribution >= 4 is 5.91 Å². The molecule has 0 bridgehead atoms. The summed E-state index contributed by atoms with van der Waals surface area (Å²) in [5.74, 6) is 1.02. The zero-order valence-electron chi connectivity index (χ0n) is 16.9. The second-order valence-electron chi connectivity index (χ2n) is 7.36. The van der Waals surface area contributed by atoms with Gasteiger partial charge in [-0.15, -0.1) is 0 Å². The molecule has 2 aromatic rings. The Labute approximate surface area is 168 Å². The summed E-state index contributed by atoms with van der Waals surface area (Å²) in [5.41, 5.74) is 2.38. The molecule has 0 saturated carbocycles. The van der Waals surface area contributed by atoms with Crippen LogP contribution in [-0.4, -0.2) is 61.1 Å². The third kappa shape index (κ3) is 5.81. The smallest absolute Gasteiger partial charge is 0.237 e. The van der Waals surface area contributed by atoms with Gasteiger partial charge in [0.05, 0.1) is 6.04 Å². The molecule has 1 aliphatic heterocycles. The van der Waals surface area contributed by atoms with Crippen molar-refractivity contribution in [1.82, 2.24) is 15.1 Å². The van der Waals surface area contributed by atoms with E-state index in [1.54, 1.807) is 0 Å². The van der Waals surface area contributed by atoms with Gasteiger partial charge in [-0.1, -0.05) is 42.5 Å². The molecule has 1 unspecified atom stereocenters. The Bertz CT molecular complexity index is 743. The maximum Gasteiger partial charge on any atom is 0.237 e. The lowest BCUT2D eigenvalue weighted by Gasteiger charge is -2.37. The maximum atomic E-state index is 12.6. The summed E-state index contributed by atoms with van der Waals surface area (Å²) in [6, 6.07) is 18.0. The van der Waals surface area contributed by atoms with Crippen molar-refractivity contribution in [2.24, 2.45) is 0 Å². The van der Waals surface area contributed by atoms with Crippen LogP contribution in [0.25, 0.3) is 0 Å². The van der Waals surface area contributed by atoms with E-state index in [1.807, 2.05) is 49.4 Å². The molecule has 0 aromatic heterocycles. The third-order valence-electron chi connectivity index (χ3n) is 5.47. The third-order valence-corrected chi connectivity index (χ3v) is 5.47. The molecule has 5 nitrogen and oxygen atoms in total. The number of para-hydroxylation sites is 1. The number of piperazine rings is 1. The van der Waals surface area contributed by atoms with Crippen molar-refractivity contribution in [1.29, 1.82) is 0 Å². The van der Waals surface area contributed by atoms with E-state index in [1.165, 1.54) is 11.1 Å². The van der Waals surface area contributed by atoms with Crippen LogP contribution in [0.15, 0.2) is 54.6 Å². The normalized spacial score (nSPS) is 16.5. The number of amides is 1. The number of aryl methyl sites for hydroxylation is 1. The fourth-order valence-electron chi connectivity index (χ4n) is 3.49. The minimum atomic E-state index is -0.105. The zero-order chi connectivity index (χ0) is 19.8. The lowest BCUT2D eigenvalue weighted by atomic mass is 10.1. The highest BCUT2D eigenvalue weighted by Crippen LogP contribution is 2.11. The molecule has 5 heteroatoms. The highest BCUT2D eigenvalue weighted by Gasteiger charge is 2.25. The van der Waals surface area contributed by atoms with Gasteiger partial charge in [0, 0.05) is 39.3 Å². The molecule has 150 valence electrons. The number of benzene rings is 2. The van der Waals surface area contributed by atoms with Crippen molar-refractivity contribution in [3.05, 3.63) is 65.7 Å². The Hall–Kier alpha value is -2.37. The Morgan fingerprint density at radius 3 is 2.43 bits per heavy atom. The Morgan fingerprint density at radius 2 is 1.71 bits per heavy atom. The molecular weight excluding hydrogens is 350 g/mol. The van der Waals surface area contributed by atoms with Crippen LogP contribution in [0.4, 0.5) is 0 Å². The van der Waals surface area contributed by atoms with Crippen LogP contribution < -0.4 is 10.1 Å². The zero-order valence-corrected chi connectivity index (χ0v) is 16.9. The van der Waals surface area contributed by atoms with Gasteiger partial charge in [0.2, 0.25) is 5.91 Å². The number of carbonyl (C=O) groups is 1. The summed E-state index contributed by atoms with van der Waals surface area (Å²) < 4.78 is 5.79. The number of nitrogens with zero attached hydrogens (tertiary/aromatic N) is 2. The van der Waals surface area contributed by atoms with Gasteiger partial charge in [-0.05, 0) is 37.1 Å². The number of nitrogens with one attached hydrogen (secondary N) is 1. The number of rotatable bonds is 8. The maximum absolute atomic E-state index is 12.6. The van der Waals surface area contributed by atoms with Crippen LogP contribution in [-0.2, 0) is 11.3 Å². The lowest BCUT2D eigenvalue weighted by Crippen LogP contribution is -2.54. The van der Waals surface area contributed by atoms with Crippen LogP contribution in [0.5, 0.6) is 5.75 Å². The van der Waals surface area contributed by atoms with E-state index in [-0.39, 0.29) is 11.9 Å². The first kappa shape index (κ1) is 20.4. The van der Waals surface area contributed by atoms with Gasteiger partial charge < -0.3 is 10.1 Å². The Kier molecular flexibility index (Phi) is 7.46. The van der Waals surface area contributed by atoms with E-state index < -0.39 is 0 Å². The summed E-state index contributed by atoms with van der Waals surface area (Å²) in [6.45, 7) is 10.0. The molecule has 1 fully saturated rings. The second kappa shape index (κ2) is 10.2. The molecule has 1 atom stereocenters. The van der Waals surface area contributed by atoms with Crippen LogP contribution in [0, 0.1) is 6.92 Å². The second-order valence-corrected chi connectivity index (χ2v) is 7.36. The summed E-state index contributed by atoms with van der Waals surface area (Å²) in [5, 5.41) is 3.09. The minimum absolute atomic E-state index is 0.101.